The van der Waals surface area contributed by atoms with Crippen molar-refractivity contribution in [1.29, 1.82) is 0 Å². The average Bonchev–Trinajstić information content (AvgIpc) is 0.837. The van der Waals surface area contributed by atoms with Crippen LogP contribution in [0.25, 0.3) is 55.3 Å². The predicted octanol–water partition coefficient (Wildman–Crippen LogP) is 21.3. The van der Waals surface area contributed by atoms with Gasteiger partial charge in [-0.25, -0.2) is 0 Å². The summed E-state index contributed by atoms with van der Waals surface area (Å²) in [5, 5.41) is 2.25. The van der Waals surface area contributed by atoms with Crippen LogP contribution in [0, 0.1) is 13.8 Å². The number of para-hydroxylation sites is 2. The lowest BCUT2D eigenvalue weighted by atomic mass is 9.33. The van der Waals surface area contributed by atoms with Crippen LogP contribution < -0.4 is 31.1 Å². The zero-order valence-corrected chi connectivity index (χ0v) is 53.2. The van der Waals surface area contributed by atoms with Crippen molar-refractivity contribution in [3.8, 4) is 33.4 Å². The Morgan fingerprint density at radius 2 is 0.943 bits per heavy atom. The fourth-order valence-corrected chi connectivity index (χ4v) is 14.8. The first-order chi connectivity index (χ1) is 42.1. The van der Waals surface area contributed by atoms with Gasteiger partial charge in [0.2, 0.25) is 0 Å². The lowest BCUT2D eigenvalue weighted by Gasteiger charge is -2.45. The van der Waals surface area contributed by atoms with E-state index in [1.54, 1.807) is 0 Å². The van der Waals surface area contributed by atoms with Gasteiger partial charge in [0.05, 0.1) is 0 Å². The number of anilines is 9. The van der Waals surface area contributed by atoms with E-state index in [-0.39, 0.29) is 28.4 Å². The molecule has 1 aliphatic carbocycles. The number of rotatable bonds is 7. The molecule has 0 atom stereocenters. The Morgan fingerprint density at radius 3 is 1.60 bits per heavy atom. The molecule has 3 heterocycles. The maximum atomic E-state index is 6.68. The monoisotopic (exact) mass is 1140 g/mol. The van der Waals surface area contributed by atoms with Gasteiger partial charge in [0.25, 0.3) is 6.71 Å². The summed E-state index contributed by atoms with van der Waals surface area (Å²) in [6.07, 6.45) is 0. The van der Waals surface area contributed by atoms with E-state index in [1.165, 1.54) is 94.6 Å². The summed E-state index contributed by atoms with van der Waals surface area (Å²) in [6.45, 7) is 30.1. The molecule has 0 fully saturated rings. The summed E-state index contributed by atoms with van der Waals surface area (Å²) >= 11 is 0. The van der Waals surface area contributed by atoms with Crippen molar-refractivity contribution in [3.05, 3.63) is 263 Å². The minimum Gasteiger partial charge on any atom is -0.455 e. The standard InChI is InChI=1S/C83H76BN3O/c1-51-20-18-21-52(2)77(51)54-30-45-72-71(46-54)84-70-44-42-62(85(58-37-31-55(32-38-58)80(3,4)5)59-39-33-56(34-40-59)81(6,7)8)50-73(70)86(60-35-28-53(29-36-60)63-24-19-25-67-66-23-15-17-27-76(66)88-79(63)67)74-47-57(82(9,10)11)48-75(78(74)84)87(72)61-41-43-65-64-22-14-16-26-68(64)83(12,13)69(65)49-61/h14-50H,1-13H3. The highest BCUT2D eigenvalue weighted by Gasteiger charge is 2.46. The smallest absolute Gasteiger partial charge is 0.252 e. The van der Waals surface area contributed by atoms with Gasteiger partial charge < -0.3 is 19.1 Å². The van der Waals surface area contributed by atoms with Crippen molar-refractivity contribution in [3.63, 3.8) is 0 Å². The van der Waals surface area contributed by atoms with E-state index >= 15 is 0 Å². The van der Waals surface area contributed by atoms with Crippen LogP contribution in [0.15, 0.2) is 229 Å². The Kier molecular flexibility index (Phi) is 12.5. The van der Waals surface area contributed by atoms with Crippen LogP contribution in [-0.2, 0) is 21.7 Å². The Hall–Kier alpha value is -9.32. The molecule has 5 heteroatoms. The topological polar surface area (TPSA) is 22.9 Å². The van der Waals surface area contributed by atoms with Gasteiger partial charge in [0.1, 0.15) is 11.2 Å². The second kappa shape index (κ2) is 19.9. The van der Waals surface area contributed by atoms with Crippen molar-refractivity contribution in [1.82, 2.24) is 0 Å². The summed E-state index contributed by atoms with van der Waals surface area (Å²) in [6, 6.07) is 85.5. The molecule has 0 saturated carbocycles. The van der Waals surface area contributed by atoms with Crippen molar-refractivity contribution >= 4 is 96.2 Å². The van der Waals surface area contributed by atoms with Crippen molar-refractivity contribution in [2.24, 2.45) is 0 Å². The third-order valence-corrected chi connectivity index (χ3v) is 19.6. The largest absolute Gasteiger partial charge is 0.455 e. The van der Waals surface area contributed by atoms with Gasteiger partial charge in [-0.15, -0.1) is 0 Å². The molecule has 0 saturated heterocycles. The molecular weight excluding hydrogens is 1070 g/mol. The maximum absolute atomic E-state index is 6.68. The number of hydrogen-bond donors (Lipinski definition) is 0. The molecule has 3 aliphatic rings. The second-order valence-electron chi connectivity index (χ2n) is 28.7. The quantitative estimate of drug-likeness (QED) is 0.148. The summed E-state index contributed by atoms with van der Waals surface area (Å²) in [7, 11) is 0. The first-order valence-corrected chi connectivity index (χ1v) is 31.5. The Morgan fingerprint density at radius 1 is 0.398 bits per heavy atom. The van der Waals surface area contributed by atoms with Gasteiger partial charge in [0, 0.05) is 72.9 Å². The van der Waals surface area contributed by atoms with E-state index < -0.39 is 0 Å². The Labute approximate surface area is 520 Å². The Bertz CT molecular complexity index is 4710. The summed E-state index contributed by atoms with van der Waals surface area (Å²) in [4.78, 5) is 7.68. The van der Waals surface area contributed by atoms with Gasteiger partial charge in [-0.05, 0) is 198 Å². The molecule has 1 aromatic heterocycles. The van der Waals surface area contributed by atoms with Gasteiger partial charge in [0.15, 0.2) is 0 Å². The van der Waals surface area contributed by atoms with Crippen LogP contribution in [0.5, 0.6) is 0 Å². The van der Waals surface area contributed by atoms with Gasteiger partial charge >= 0.3 is 0 Å². The second-order valence-corrected chi connectivity index (χ2v) is 28.7. The molecule has 12 aromatic rings. The molecule has 88 heavy (non-hydrogen) atoms. The number of hydrogen-bond acceptors (Lipinski definition) is 4. The SMILES string of the molecule is Cc1cccc(C)c1-c1ccc2c(c1)B1c3ccc(N(c4ccc(C(C)(C)C)cc4)c4ccc(C(C)(C)C)cc4)cc3N(c3ccc(-c4cccc5c4oc4ccccc45)cc3)c3cc(C(C)(C)C)cc(c31)N2c1ccc2c(c1)C(C)(C)c1ccccc1-2. The minimum absolute atomic E-state index is 0.00292. The number of benzene rings is 11. The van der Waals surface area contributed by atoms with Crippen LogP contribution in [0.2, 0.25) is 0 Å². The normalized spacial score (nSPS) is 14.0. The van der Waals surface area contributed by atoms with Crippen molar-refractivity contribution in [2.75, 3.05) is 14.7 Å². The van der Waals surface area contributed by atoms with E-state index in [9.17, 15) is 0 Å². The van der Waals surface area contributed by atoms with E-state index in [0.29, 0.717) is 0 Å². The van der Waals surface area contributed by atoms with Crippen molar-refractivity contribution < 1.29 is 4.42 Å². The zero-order valence-electron chi connectivity index (χ0n) is 53.2. The molecule has 0 unspecified atom stereocenters. The van der Waals surface area contributed by atoms with E-state index in [4.69, 9.17) is 4.42 Å². The average molecular weight is 1140 g/mol. The van der Waals surface area contributed by atoms with E-state index in [2.05, 4.69) is 329 Å². The molecule has 0 radical (unpaired) electrons. The van der Waals surface area contributed by atoms with E-state index in [1.807, 2.05) is 0 Å². The van der Waals surface area contributed by atoms with Crippen LogP contribution in [0.1, 0.15) is 115 Å². The molecule has 4 nitrogen and oxygen atoms in total. The lowest BCUT2D eigenvalue weighted by Crippen LogP contribution is -2.61. The highest BCUT2D eigenvalue weighted by Crippen LogP contribution is 2.53. The number of furan rings is 1. The lowest BCUT2D eigenvalue weighted by molar-refractivity contribution is 0.590. The molecule has 2 aliphatic heterocycles. The Balaban J connectivity index is 1.01. The first-order valence-electron chi connectivity index (χ1n) is 31.5. The molecule has 0 N–H and O–H groups in total. The highest BCUT2D eigenvalue weighted by molar-refractivity contribution is 7.00. The van der Waals surface area contributed by atoms with E-state index in [0.717, 1.165) is 67.2 Å². The molecule has 11 aromatic carbocycles. The summed E-state index contributed by atoms with van der Waals surface area (Å²) in [5.74, 6) is 0. The third kappa shape index (κ3) is 8.78. The summed E-state index contributed by atoms with van der Waals surface area (Å²) in [5.41, 5.74) is 32.0. The fourth-order valence-electron chi connectivity index (χ4n) is 14.8. The number of aryl methyl sites for hydroxylation is 2. The first kappa shape index (κ1) is 55.3. The fraction of sp³-hybridized carbons (Fsp3) is 0.205. The van der Waals surface area contributed by atoms with Gasteiger partial charge in [-0.2, -0.15) is 0 Å². The highest BCUT2D eigenvalue weighted by atomic mass is 16.3. The molecule has 0 spiro atoms. The third-order valence-electron chi connectivity index (χ3n) is 19.6. The molecule has 0 amide bonds. The molecule has 15 rings (SSSR count). The van der Waals surface area contributed by atoms with Gasteiger partial charge in [-0.3, -0.25) is 0 Å². The molecular formula is C83H76BN3O. The predicted molar refractivity (Wildman–Crippen MR) is 376 cm³/mol. The van der Waals surface area contributed by atoms with Crippen LogP contribution in [0.4, 0.5) is 51.2 Å². The molecule has 432 valence electrons. The van der Waals surface area contributed by atoms with Crippen LogP contribution in [-0.4, -0.2) is 6.71 Å². The van der Waals surface area contributed by atoms with Crippen molar-refractivity contribution in [2.45, 2.75) is 112 Å². The number of nitrogens with zero attached hydrogens (tertiary/aromatic N) is 3. The maximum Gasteiger partial charge on any atom is 0.252 e. The minimum atomic E-state index is -0.209. The van der Waals surface area contributed by atoms with Crippen LogP contribution >= 0.6 is 0 Å². The van der Waals surface area contributed by atoms with Gasteiger partial charge in [-0.1, -0.05) is 216 Å². The summed E-state index contributed by atoms with van der Waals surface area (Å²) < 4.78 is 6.68. The number of fused-ring (bicyclic) bond motifs is 10. The van der Waals surface area contributed by atoms with Crippen LogP contribution in [0.3, 0.4) is 0 Å². The molecule has 0 bridgehead atoms. The zero-order chi connectivity index (χ0) is 60.9.